The van der Waals surface area contributed by atoms with E-state index in [0.717, 1.165) is 11.1 Å². The molecule has 0 fully saturated rings. The molecule has 0 amide bonds. The van der Waals surface area contributed by atoms with Gasteiger partial charge >= 0.3 is 0 Å². The van der Waals surface area contributed by atoms with Crippen LogP contribution in [0.5, 0.6) is 0 Å². The molecule has 2 aromatic heterocycles. The Kier molecular flexibility index (Phi) is 2.10. The molecule has 0 radical (unpaired) electrons. The van der Waals surface area contributed by atoms with Crippen LogP contribution < -0.4 is 5.73 Å². The number of hydrogen-bond donors (Lipinski definition) is 1. The number of rotatable bonds is 1. The maximum absolute atomic E-state index is 12.5. The number of nitrogens with two attached hydrogens (primary N) is 1. The molecule has 0 aliphatic heterocycles. The summed E-state index contributed by atoms with van der Waals surface area (Å²) in [5, 5.41) is 0. The minimum absolute atomic E-state index is 0.418. The zero-order valence-corrected chi connectivity index (χ0v) is 7.31. The summed E-state index contributed by atoms with van der Waals surface area (Å²) in [5.74, 6) is -0.0860. The van der Waals surface area contributed by atoms with Crippen molar-refractivity contribution >= 4 is 5.82 Å². The van der Waals surface area contributed by atoms with Gasteiger partial charge in [-0.1, -0.05) is 0 Å². The molecule has 2 N–H and O–H groups in total. The molecule has 3 nitrogen and oxygen atoms in total. The molecule has 0 aliphatic carbocycles. The second-order valence-corrected chi connectivity index (χ2v) is 2.81. The summed E-state index contributed by atoms with van der Waals surface area (Å²) >= 11 is 0. The van der Waals surface area contributed by atoms with E-state index in [1.54, 1.807) is 18.3 Å². The van der Waals surface area contributed by atoms with Crippen LogP contribution >= 0.6 is 0 Å². The van der Waals surface area contributed by atoms with Crippen molar-refractivity contribution in [1.82, 2.24) is 9.97 Å². The monoisotopic (exact) mass is 189 g/mol. The number of halogens is 1. The molecule has 2 heterocycles. The van der Waals surface area contributed by atoms with E-state index in [2.05, 4.69) is 9.97 Å². The molecule has 2 aromatic rings. The molecule has 0 bridgehead atoms. The Hall–Kier alpha value is -1.97. The van der Waals surface area contributed by atoms with Gasteiger partial charge in [-0.25, -0.2) is 9.97 Å². The zero-order chi connectivity index (χ0) is 9.97. The van der Waals surface area contributed by atoms with E-state index in [9.17, 15) is 4.39 Å². The van der Waals surface area contributed by atoms with Crippen LogP contribution in [0, 0.1) is 5.95 Å². The van der Waals surface area contributed by atoms with Crippen molar-refractivity contribution in [2.45, 2.75) is 0 Å². The summed E-state index contributed by atoms with van der Waals surface area (Å²) in [7, 11) is 0. The number of nitrogen functional groups attached to an aromatic ring is 1. The molecule has 0 unspecified atom stereocenters. The molecule has 2 rings (SSSR count). The Labute approximate surface area is 80.4 Å². The van der Waals surface area contributed by atoms with Gasteiger partial charge in [-0.2, -0.15) is 4.39 Å². The van der Waals surface area contributed by atoms with E-state index in [1.165, 1.54) is 12.3 Å². The van der Waals surface area contributed by atoms with Gasteiger partial charge in [-0.15, -0.1) is 0 Å². The van der Waals surface area contributed by atoms with Crippen LogP contribution in [0.15, 0.2) is 36.7 Å². The number of nitrogens with zero attached hydrogens (tertiary/aromatic N) is 2. The second kappa shape index (κ2) is 3.41. The summed E-state index contributed by atoms with van der Waals surface area (Å²) in [6.45, 7) is 0. The molecule has 0 saturated carbocycles. The van der Waals surface area contributed by atoms with Gasteiger partial charge in [0, 0.05) is 23.5 Å². The highest BCUT2D eigenvalue weighted by atomic mass is 19.1. The van der Waals surface area contributed by atoms with Crippen molar-refractivity contribution in [1.29, 1.82) is 0 Å². The SMILES string of the molecule is Nc1ncccc1-c1ccc(F)nc1. The normalized spacial score (nSPS) is 10.1. The Bertz CT molecular complexity index is 439. The number of anilines is 1. The van der Waals surface area contributed by atoms with Crippen molar-refractivity contribution in [2.24, 2.45) is 0 Å². The smallest absolute Gasteiger partial charge is 0.212 e. The van der Waals surface area contributed by atoms with Crippen molar-refractivity contribution in [3.05, 3.63) is 42.6 Å². The van der Waals surface area contributed by atoms with E-state index in [-0.39, 0.29) is 0 Å². The molecule has 4 heteroatoms. The van der Waals surface area contributed by atoms with Gasteiger partial charge in [0.05, 0.1) is 0 Å². The van der Waals surface area contributed by atoms with E-state index in [0.29, 0.717) is 5.82 Å². The van der Waals surface area contributed by atoms with Gasteiger partial charge in [0.2, 0.25) is 5.95 Å². The lowest BCUT2D eigenvalue weighted by molar-refractivity contribution is 0.584. The van der Waals surface area contributed by atoms with Gasteiger partial charge in [-0.3, -0.25) is 0 Å². The fourth-order valence-electron chi connectivity index (χ4n) is 1.20. The lowest BCUT2D eigenvalue weighted by Crippen LogP contribution is -1.93. The highest BCUT2D eigenvalue weighted by Crippen LogP contribution is 2.22. The lowest BCUT2D eigenvalue weighted by Gasteiger charge is -2.02. The van der Waals surface area contributed by atoms with Crippen molar-refractivity contribution in [2.75, 3.05) is 5.73 Å². The first-order valence-corrected chi connectivity index (χ1v) is 4.10. The molecule has 70 valence electrons. The first-order chi connectivity index (χ1) is 6.77. The van der Waals surface area contributed by atoms with Gasteiger partial charge in [0.1, 0.15) is 5.82 Å². The minimum Gasteiger partial charge on any atom is -0.383 e. The van der Waals surface area contributed by atoms with Gasteiger partial charge in [0.25, 0.3) is 0 Å². The molecule has 0 saturated heterocycles. The topological polar surface area (TPSA) is 51.8 Å². The van der Waals surface area contributed by atoms with Crippen molar-refractivity contribution in [3.8, 4) is 11.1 Å². The quantitative estimate of drug-likeness (QED) is 0.696. The average molecular weight is 189 g/mol. The number of hydrogen-bond acceptors (Lipinski definition) is 3. The first-order valence-electron chi connectivity index (χ1n) is 4.10. The Morgan fingerprint density at radius 2 is 2.00 bits per heavy atom. The third-order valence-electron chi connectivity index (χ3n) is 1.88. The van der Waals surface area contributed by atoms with Gasteiger partial charge in [0.15, 0.2) is 0 Å². The van der Waals surface area contributed by atoms with Gasteiger partial charge < -0.3 is 5.73 Å². The fourth-order valence-corrected chi connectivity index (χ4v) is 1.20. The van der Waals surface area contributed by atoms with E-state index >= 15 is 0 Å². The third kappa shape index (κ3) is 1.54. The number of pyridine rings is 2. The summed E-state index contributed by atoms with van der Waals surface area (Å²) in [5.41, 5.74) is 7.18. The lowest BCUT2D eigenvalue weighted by atomic mass is 10.1. The first kappa shape index (κ1) is 8.62. The number of aromatic nitrogens is 2. The predicted molar refractivity (Wildman–Crippen MR) is 51.8 cm³/mol. The van der Waals surface area contributed by atoms with Crippen LogP contribution in [0.2, 0.25) is 0 Å². The van der Waals surface area contributed by atoms with Crippen LogP contribution in [0.1, 0.15) is 0 Å². The molecule has 14 heavy (non-hydrogen) atoms. The second-order valence-electron chi connectivity index (χ2n) is 2.81. The van der Waals surface area contributed by atoms with Crippen LogP contribution in [-0.2, 0) is 0 Å². The Morgan fingerprint density at radius 1 is 1.14 bits per heavy atom. The molecule has 0 aromatic carbocycles. The maximum atomic E-state index is 12.5. The van der Waals surface area contributed by atoms with E-state index < -0.39 is 5.95 Å². The molecule has 0 aliphatic rings. The van der Waals surface area contributed by atoms with Crippen LogP contribution in [0.4, 0.5) is 10.2 Å². The summed E-state index contributed by atoms with van der Waals surface area (Å²) in [6.07, 6.45) is 3.04. The zero-order valence-electron chi connectivity index (χ0n) is 7.31. The van der Waals surface area contributed by atoms with Gasteiger partial charge in [-0.05, 0) is 24.3 Å². The molecular formula is C10H8FN3. The highest BCUT2D eigenvalue weighted by Gasteiger charge is 2.02. The minimum atomic E-state index is -0.504. The van der Waals surface area contributed by atoms with Crippen LogP contribution in [-0.4, -0.2) is 9.97 Å². The van der Waals surface area contributed by atoms with Crippen molar-refractivity contribution in [3.63, 3.8) is 0 Å². The molecular weight excluding hydrogens is 181 g/mol. The largest absolute Gasteiger partial charge is 0.383 e. The molecule has 0 spiro atoms. The average Bonchev–Trinajstić information content (AvgIpc) is 2.20. The summed E-state index contributed by atoms with van der Waals surface area (Å²) in [6, 6.07) is 6.50. The molecule has 0 atom stereocenters. The predicted octanol–water partition coefficient (Wildman–Crippen LogP) is 1.86. The maximum Gasteiger partial charge on any atom is 0.212 e. The fraction of sp³-hybridized carbons (Fsp3) is 0. The van der Waals surface area contributed by atoms with Crippen LogP contribution in [0.3, 0.4) is 0 Å². The summed E-state index contributed by atoms with van der Waals surface area (Å²) in [4.78, 5) is 7.48. The summed E-state index contributed by atoms with van der Waals surface area (Å²) < 4.78 is 12.5. The van der Waals surface area contributed by atoms with Crippen LogP contribution in [0.25, 0.3) is 11.1 Å². The highest BCUT2D eigenvalue weighted by molar-refractivity contribution is 5.72. The van der Waals surface area contributed by atoms with Crippen molar-refractivity contribution < 1.29 is 4.39 Å². The Morgan fingerprint density at radius 3 is 2.64 bits per heavy atom. The third-order valence-corrected chi connectivity index (χ3v) is 1.88. The Balaban J connectivity index is 2.50. The van der Waals surface area contributed by atoms with E-state index in [4.69, 9.17) is 5.73 Å². The standard InChI is InChI=1S/C10H8FN3/c11-9-4-3-7(6-14-9)8-2-1-5-13-10(8)12/h1-6H,(H2,12,13). The van der Waals surface area contributed by atoms with E-state index in [1.807, 2.05) is 6.07 Å².